The van der Waals surface area contributed by atoms with Gasteiger partial charge < -0.3 is 15.2 Å². The molecule has 1 aliphatic rings. The Bertz CT molecular complexity index is 398. The minimum absolute atomic E-state index is 0.0302. The van der Waals surface area contributed by atoms with E-state index in [9.17, 15) is 10.0 Å². The van der Waals surface area contributed by atoms with Gasteiger partial charge in [0.25, 0.3) is 0 Å². The van der Waals surface area contributed by atoms with E-state index < -0.39 is 5.54 Å². The van der Waals surface area contributed by atoms with Crippen LogP contribution < -0.4 is 0 Å². The molecule has 1 rings (SSSR count). The molecule has 0 aromatic carbocycles. The highest BCUT2D eigenvalue weighted by Gasteiger charge is 2.40. The molecule has 7 nitrogen and oxygen atoms in total. The van der Waals surface area contributed by atoms with Crippen molar-refractivity contribution in [3.05, 3.63) is 5.21 Å². The second kappa shape index (κ2) is 7.65. The molecule has 0 aromatic rings. The number of hydrazine groups is 1. The highest BCUT2D eigenvalue weighted by atomic mass is 16.6. The Morgan fingerprint density at radius 1 is 1.41 bits per heavy atom. The predicted octanol–water partition coefficient (Wildman–Crippen LogP) is 3.11. The maximum absolute atomic E-state index is 11.9. The van der Waals surface area contributed by atoms with Gasteiger partial charge in [0.2, 0.25) is 5.28 Å². The maximum atomic E-state index is 11.9. The van der Waals surface area contributed by atoms with Crippen LogP contribution in [0.15, 0.2) is 5.28 Å². The van der Waals surface area contributed by atoms with Gasteiger partial charge in [0, 0.05) is 0 Å². The summed E-state index contributed by atoms with van der Waals surface area (Å²) in [4.78, 5) is 12.0. The molecule has 0 saturated heterocycles. The molecule has 0 heterocycles. The fourth-order valence-corrected chi connectivity index (χ4v) is 3.36. The molecule has 128 valence electrons. The van der Waals surface area contributed by atoms with Crippen LogP contribution in [-0.4, -0.2) is 39.3 Å². The van der Waals surface area contributed by atoms with Crippen molar-refractivity contribution in [2.75, 3.05) is 6.61 Å². The lowest BCUT2D eigenvalue weighted by molar-refractivity contribution is -0.732. The first-order valence-corrected chi connectivity index (χ1v) is 8.00. The van der Waals surface area contributed by atoms with Crippen molar-refractivity contribution >= 4 is 5.97 Å². The Balaban J connectivity index is 2.71. The fraction of sp³-hybridized carbons (Fsp3) is 0.933. The third-order valence-corrected chi connectivity index (χ3v) is 4.41. The molecule has 1 aliphatic carbocycles. The van der Waals surface area contributed by atoms with Crippen molar-refractivity contribution in [1.82, 2.24) is 5.01 Å². The molecule has 1 N–H and O–H groups in total. The van der Waals surface area contributed by atoms with E-state index in [4.69, 9.17) is 9.94 Å². The third-order valence-electron chi connectivity index (χ3n) is 4.41. The van der Waals surface area contributed by atoms with E-state index in [0.717, 1.165) is 25.7 Å². The number of hydrogen-bond acceptors (Lipinski definition) is 4. The Hall–Kier alpha value is -1.53. The molecule has 1 atom stereocenters. The van der Waals surface area contributed by atoms with Gasteiger partial charge >= 0.3 is 5.97 Å². The Morgan fingerprint density at radius 3 is 2.36 bits per heavy atom. The second-order valence-corrected chi connectivity index (χ2v) is 6.96. The van der Waals surface area contributed by atoms with Crippen LogP contribution >= 0.6 is 0 Å². The summed E-state index contributed by atoms with van der Waals surface area (Å²) in [6.07, 6.45) is 3.27. The minimum atomic E-state index is -0.453. The summed E-state index contributed by atoms with van der Waals surface area (Å²) < 4.78 is 5.08. The van der Waals surface area contributed by atoms with Gasteiger partial charge in [-0.2, -0.15) is 0 Å². The fourth-order valence-electron chi connectivity index (χ4n) is 3.36. The van der Waals surface area contributed by atoms with Crippen molar-refractivity contribution in [2.45, 2.75) is 71.9 Å². The van der Waals surface area contributed by atoms with E-state index >= 15 is 0 Å². The first-order valence-electron chi connectivity index (χ1n) is 8.00. The number of nitrogens with zero attached hydrogens (tertiary/aromatic N) is 3. The second-order valence-electron chi connectivity index (χ2n) is 6.96. The molecule has 7 heteroatoms. The molecule has 0 amide bonds. The van der Waals surface area contributed by atoms with Crippen molar-refractivity contribution in [2.24, 2.45) is 17.1 Å². The zero-order valence-corrected chi connectivity index (χ0v) is 14.3. The largest absolute Gasteiger partial charge is 0.569 e. The van der Waals surface area contributed by atoms with Crippen LogP contribution in [0, 0.1) is 17.0 Å². The monoisotopic (exact) mass is 315 g/mol. The van der Waals surface area contributed by atoms with Crippen LogP contribution in [0.3, 0.4) is 0 Å². The standard InChI is InChI=1S/C15H29N3O4/c1-6-22-14(19)13-9-7-12(8-10-13)11(2)17(15(3,4)5)18(21)16-20/h11-13,20H,6-10H2,1-5H3. The van der Waals surface area contributed by atoms with Crippen LogP contribution in [0.4, 0.5) is 0 Å². The van der Waals surface area contributed by atoms with Crippen LogP contribution in [0.2, 0.25) is 0 Å². The zero-order valence-electron chi connectivity index (χ0n) is 14.3. The number of hydrogen-bond donors (Lipinski definition) is 1. The van der Waals surface area contributed by atoms with Gasteiger partial charge in [0.1, 0.15) is 0 Å². The average molecular weight is 315 g/mol. The van der Waals surface area contributed by atoms with Crippen molar-refractivity contribution in [3.8, 4) is 0 Å². The van der Waals surface area contributed by atoms with Crippen LogP contribution in [0.1, 0.15) is 60.3 Å². The lowest BCUT2D eigenvalue weighted by atomic mass is 9.78. The van der Waals surface area contributed by atoms with E-state index in [-0.39, 0.29) is 28.8 Å². The molecule has 0 radical (unpaired) electrons. The molecule has 0 aliphatic heterocycles. The third kappa shape index (κ3) is 4.48. The molecule has 0 aromatic heterocycles. The SMILES string of the molecule is CCOC(=O)C1CCC(C(C)N([N+]([O-])=NO)C(C)(C)C)CC1. The smallest absolute Gasteiger partial charge is 0.308 e. The highest BCUT2D eigenvalue weighted by molar-refractivity contribution is 5.72. The van der Waals surface area contributed by atoms with Gasteiger partial charge in [-0.15, -0.1) is 5.01 Å². The lowest BCUT2D eigenvalue weighted by Gasteiger charge is -2.40. The van der Waals surface area contributed by atoms with E-state index in [1.54, 1.807) is 5.01 Å². The highest BCUT2D eigenvalue weighted by Crippen LogP contribution is 2.35. The van der Waals surface area contributed by atoms with E-state index in [1.165, 1.54) is 0 Å². The first-order chi connectivity index (χ1) is 10.2. The summed E-state index contributed by atoms with van der Waals surface area (Å²) in [5.74, 6) is 0.137. The van der Waals surface area contributed by atoms with Crippen molar-refractivity contribution in [1.29, 1.82) is 0 Å². The molecule has 22 heavy (non-hydrogen) atoms. The molecular weight excluding hydrogens is 286 g/mol. The normalized spacial score (nSPS) is 24.7. The summed E-state index contributed by atoms with van der Waals surface area (Å²) >= 11 is 0. The van der Waals surface area contributed by atoms with E-state index in [2.05, 4.69) is 5.28 Å². The molecule has 1 unspecified atom stereocenters. The quantitative estimate of drug-likeness (QED) is 0.364. The summed E-state index contributed by atoms with van der Waals surface area (Å²) in [5.41, 5.74) is -0.453. The number of ether oxygens (including phenoxy) is 1. The van der Waals surface area contributed by atoms with E-state index in [0.29, 0.717) is 6.61 Å². The molecule has 0 spiro atoms. The van der Waals surface area contributed by atoms with Gasteiger partial charge in [-0.3, -0.25) is 4.79 Å². The van der Waals surface area contributed by atoms with Crippen LogP contribution in [0.25, 0.3) is 0 Å². The van der Waals surface area contributed by atoms with Gasteiger partial charge in [0.15, 0.2) is 0 Å². The van der Waals surface area contributed by atoms with Gasteiger partial charge in [-0.05, 0) is 66.2 Å². The van der Waals surface area contributed by atoms with Crippen molar-refractivity contribution < 1.29 is 19.7 Å². The molecule has 1 fully saturated rings. The minimum Gasteiger partial charge on any atom is -0.569 e. The lowest BCUT2D eigenvalue weighted by Crippen LogP contribution is -2.53. The average Bonchev–Trinajstić information content (AvgIpc) is 2.46. The Labute approximate surface area is 132 Å². The summed E-state index contributed by atoms with van der Waals surface area (Å²) in [6, 6.07) is -0.0726. The number of carbonyl (C=O) groups excluding carboxylic acids is 1. The Morgan fingerprint density at radius 2 is 1.95 bits per heavy atom. The maximum Gasteiger partial charge on any atom is 0.308 e. The Kier molecular flexibility index (Phi) is 6.44. The number of carbonyl (C=O) groups is 1. The van der Waals surface area contributed by atoms with Gasteiger partial charge in [0.05, 0.1) is 29.1 Å². The zero-order chi connectivity index (χ0) is 16.9. The molecule has 1 saturated carbocycles. The van der Waals surface area contributed by atoms with E-state index in [1.807, 2.05) is 34.6 Å². The first kappa shape index (κ1) is 18.5. The predicted molar refractivity (Wildman–Crippen MR) is 81.0 cm³/mol. The van der Waals surface area contributed by atoms with Gasteiger partial charge in [-0.1, -0.05) is 0 Å². The number of rotatable bonds is 5. The van der Waals surface area contributed by atoms with Crippen LogP contribution in [0.5, 0.6) is 0 Å². The topological polar surface area (TPSA) is 88.2 Å². The molecule has 0 bridgehead atoms. The van der Waals surface area contributed by atoms with Crippen molar-refractivity contribution in [3.63, 3.8) is 0 Å². The molecular formula is C15H29N3O4. The van der Waals surface area contributed by atoms with Crippen LogP contribution in [-0.2, 0) is 9.53 Å². The summed E-state index contributed by atoms with van der Waals surface area (Å²) in [7, 11) is 0. The number of esters is 1. The van der Waals surface area contributed by atoms with Gasteiger partial charge in [-0.25, -0.2) is 0 Å². The summed E-state index contributed by atoms with van der Waals surface area (Å²) in [5, 5.41) is 25.0. The summed E-state index contributed by atoms with van der Waals surface area (Å²) in [6.45, 7) is 9.91.